The number of carboxylic acid groups (broad SMARTS) is 1. The van der Waals surface area contributed by atoms with Crippen molar-refractivity contribution in [2.45, 2.75) is 12.8 Å². The van der Waals surface area contributed by atoms with Crippen molar-refractivity contribution in [3.8, 4) is 0 Å². The molecule has 0 radical (unpaired) electrons. The first-order chi connectivity index (χ1) is 11.1. The smallest absolute Gasteiger partial charge is 0.355 e. The predicted octanol–water partition coefficient (Wildman–Crippen LogP) is 1.56. The lowest BCUT2D eigenvalue weighted by atomic mass is 10.2. The molecule has 23 heavy (non-hydrogen) atoms. The second kappa shape index (κ2) is 6.78. The van der Waals surface area contributed by atoms with E-state index in [4.69, 9.17) is 5.11 Å². The van der Waals surface area contributed by atoms with Gasteiger partial charge in [-0.2, -0.15) is 0 Å². The molecule has 0 aliphatic carbocycles. The zero-order valence-electron chi connectivity index (χ0n) is 12.5. The van der Waals surface area contributed by atoms with E-state index in [0.717, 1.165) is 18.7 Å². The second-order valence-electron chi connectivity index (χ2n) is 5.33. The number of rotatable bonds is 6. The Morgan fingerprint density at radius 3 is 2.96 bits per heavy atom. The summed E-state index contributed by atoms with van der Waals surface area (Å²) >= 11 is 1.30. The Hall–Kier alpha value is -2.41. The Labute approximate surface area is 137 Å². The fourth-order valence-electron chi connectivity index (χ4n) is 2.63. The van der Waals surface area contributed by atoms with Gasteiger partial charge < -0.3 is 15.3 Å². The van der Waals surface area contributed by atoms with E-state index in [0.29, 0.717) is 24.5 Å². The van der Waals surface area contributed by atoms with Crippen LogP contribution >= 0.6 is 11.3 Å². The Kier molecular flexibility index (Phi) is 4.57. The summed E-state index contributed by atoms with van der Waals surface area (Å²) in [6, 6.07) is 8.13. The van der Waals surface area contributed by atoms with Gasteiger partial charge in [-0.05, 0) is 18.1 Å². The number of hydrogen-bond acceptors (Lipinski definition) is 5. The number of fused-ring (bicyclic) bond motifs is 1. The molecule has 0 atom stereocenters. The van der Waals surface area contributed by atoms with Gasteiger partial charge in [-0.1, -0.05) is 18.2 Å². The van der Waals surface area contributed by atoms with Crippen molar-refractivity contribution < 1.29 is 14.7 Å². The van der Waals surface area contributed by atoms with Crippen LogP contribution in [0.3, 0.4) is 0 Å². The van der Waals surface area contributed by atoms with Crippen LogP contribution in [0, 0.1) is 0 Å². The highest BCUT2D eigenvalue weighted by Crippen LogP contribution is 2.26. The van der Waals surface area contributed by atoms with Crippen molar-refractivity contribution in [2.75, 3.05) is 24.5 Å². The summed E-state index contributed by atoms with van der Waals surface area (Å²) in [5, 5.41) is 13.9. The molecule has 6 nitrogen and oxygen atoms in total. The number of aromatic nitrogens is 1. The number of nitrogens with zero attached hydrogens (tertiary/aromatic N) is 2. The zero-order valence-corrected chi connectivity index (χ0v) is 13.3. The first kappa shape index (κ1) is 15.5. The molecule has 2 aromatic rings. The third kappa shape index (κ3) is 3.68. The van der Waals surface area contributed by atoms with Crippen molar-refractivity contribution >= 4 is 28.9 Å². The highest BCUT2D eigenvalue weighted by atomic mass is 32.1. The third-order valence-corrected chi connectivity index (χ3v) is 4.66. The number of hydrogen-bond donors (Lipinski definition) is 2. The van der Waals surface area contributed by atoms with Gasteiger partial charge in [0.15, 0.2) is 5.69 Å². The van der Waals surface area contributed by atoms with Crippen LogP contribution in [0.25, 0.3) is 0 Å². The molecular weight excluding hydrogens is 314 g/mol. The number of carboxylic acids is 1. The number of carbonyl (C=O) groups is 2. The van der Waals surface area contributed by atoms with Gasteiger partial charge in [0, 0.05) is 30.6 Å². The van der Waals surface area contributed by atoms with Gasteiger partial charge in [0.1, 0.15) is 0 Å². The normalized spacial score (nSPS) is 13.0. The minimum atomic E-state index is -1.02. The largest absolute Gasteiger partial charge is 0.476 e. The highest BCUT2D eigenvalue weighted by Gasteiger charge is 2.20. The lowest BCUT2D eigenvalue weighted by Gasteiger charge is -2.18. The Morgan fingerprint density at radius 2 is 2.17 bits per heavy atom. The van der Waals surface area contributed by atoms with E-state index in [9.17, 15) is 9.59 Å². The van der Waals surface area contributed by atoms with Crippen LogP contribution in [0.2, 0.25) is 0 Å². The van der Waals surface area contributed by atoms with Gasteiger partial charge in [0.05, 0.1) is 11.6 Å². The van der Waals surface area contributed by atoms with Crippen molar-refractivity contribution in [1.82, 2.24) is 10.3 Å². The molecule has 1 amide bonds. The molecule has 7 heteroatoms. The Balaban J connectivity index is 1.46. The van der Waals surface area contributed by atoms with E-state index in [1.807, 2.05) is 18.2 Å². The lowest BCUT2D eigenvalue weighted by molar-refractivity contribution is -0.119. The summed E-state index contributed by atoms with van der Waals surface area (Å²) < 4.78 is 0. The summed E-state index contributed by atoms with van der Waals surface area (Å²) in [7, 11) is 0. The molecule has 0 unspecified atom stereocenters. The van der Waals surface area contributed by atoms with Crippen LogP contribution in [0.15, 0.2) is 29.6 Å². The number of nitrogens with one attached hydrogen (secondary N) is 1. The number of benzene rings is 1. The van der Waals surface area contributed by atoms with Crippen molar-refractivity contribution in [2.24, 2.45) is 0 Å². The van der Waals surface area contributed by atoms with E-state index in [2.05, 4.69) is 21.3 Å². The van der Waals surface area contributed by atoms with Gasteiger partial charge in [0.2, 0.25) is 5.91 Å². The number of para-hydroxylation sites is 1. The molecule has 0 saturated heterocycles. The van der Waals surface area contributed by atoms with Crippen molar-refractivity contribution in [1.29, 1.82) is 0 Å². The van der Waals surface area contributed by atoms with Crippen LogP contribution in [0.1, 0.15) is 21.1 Å². The van der Waals surface area contributed by atoms with Gasteiger partial charge in [-0.3, -0.25) is 4.79 Å². The molecule has 0 spiro atoms. The van der Waals surface area contributed by atoms with E-state index in [1.54, 1.807) is 0 Å². The molecule has 120 valence electrons. The Bertz CT molecular complexity index is 729. The average molecular weight is 331 g/mol. The van der Waals surface area contributed by atoms with Crippen molar-refractivity contribution in [3.63, 3.8) is 0 Å². The number of anilines is 1. The summed E-state index contributed by atoms with van der Waals surface area (Å²) in [6.07, 6.45) is 1.51. The second-order valence-corrected chi connectivity index (χ2v) is 6.27. The standard InChI is InChI=1S/C16H17N3O3S/c20-14(9-19-8-6-11-3-1-2-4-13(11)19)17-7-5-15-18-12(10-23-15)16(21)22/h1-4,10H,5-9H2,(H,17,20)(H,21,22). The predicted molar refractivity (Wildman–Crippen MR) is 88.1 cm³/mol. The maximum atomic E-state index is 12.0. The molecule has 2 heterocycles. The number of thiazole rings is 1. The fraction of sp³-hybridized carbons (Fsp3) is 0.312. The quantitative estimate of drug-likeness (QED) is 0.839. The molecule has 1 aliphatic rings. The molecular formula is C16H17N3O3S. The number of amides is 1. The molecule has 1 aromatic carbocycles. The van der Waals surface area contributed by atoms with Crippen LogP contribution < -0.4 is 10.2 Å². The molecule has 0 fully saturated rings. The molecule has 0 bridgehead atoms. The Morgan fingerprint density at radius 1 is 1.35 bits per heavy atom. The first-order valence-corrected chi connectivity index (χ1v) is 8.28. The third-order valence-electron chi connectivity index (χ3n) is 3.75. The van der Waals surface area contributed by atoms with Crippen LogP contribution in [-0.2, 0) is 17.6 Å². The topological polar surface area (TPSA) is 82.5 Å². The van der Waals surface area contributed by atoms with Gasteiger partial charge in [0.25, 0.3) is 0 Å². The lowest BCUT2D eigenvalue weighted by Crippen LogP contribution is -2.37. The summed E-state index contributed by atoms with van der Waals surface area (Å²) in [5.41, 5.74) is 2.47. The number of aromatic carboxylic acids is 1. The molecule has 1 aliphatic heterocycles. The fourth-order valence-corrected chi connectivity index (χ4v) is 3.41. The van der Waals surface area contributed by atoms with Crippen LogP contribution in [0.4, 0.5) is 5.69 Å². The van der Waals surface area contributed by atoms with E-state index < -0.39 is 5.97 Å². The van der Waals surface area contributed by atoms with Crippen LogP contribution in [0.5, 0.6) is 0 Å². The monoisotopic (exact) mass is 331 g/mol. The van der Waals surface area contributed by atoms with E-state index >= 15 is 0 Å². The zero-order chi connectivity index (χ0) is 16.2. The summed E-state index contributed by atoms with van der Waals surface area (Å²) in [4.78, 5) is 28.9. The van der Waals surface area contributed by atoms with Crippen molar-refractivity contribution in [3.05, 3.63) is 45.9 Å². The first-order valence-electron chi connectivity index (χ1n) is 7.41. The average Bonchev–Trinajstić information content (AvgIpc) is 3.15. The van der Waals surface area contributed by atoms with Gasteiger partial charge in [-0.25, -0.2) is 9.78 Å². The molecule has 0 saturated carbocycles. The minimum absolute atomic E-state index is 0.0308. The number of carbonyl (C=O) groups excluding carboxylic acids is 1. The van der Waals surface area contributed by atoms with Crippen LogP contribution in [-0.4, -0.2) is 41.6 Å². The molecule has 3 rings (SSSR count). The highest BCUT2D eigenvalue weighted by molar-refractivity contribution is 7.09. The summed E-state index contributed by atoms with van der Waals surface area (Å²) in [5.74, 6) is -1.05. The molecule has 1 aromatic heterocycles. The maximum absolute atomic E-state index is 12.0. The van der Waals surface area contributed by atoms with Gasteiger partial charge >= 0.3 is 5.97 Å². The minimum Gasteiger partial charge on any atom is -0.476 e. The SMILES string of the molecule is O=C(CN1CCc2ccccc21)NCCc1nc(C(=O)O)cs1. The van der Waals surface area contributed by atoms with E-state index in [1.165, 1.54) is 22.3 Å². The van der Waals surface area contributed by atoms with E-state index in [-0.39, 0.29) is 11.6 Å². The van der Waals surface area contributed by atoms with Gasteiger partial charge in [-0.15, -0.1) is 11.3 Å². The molecule has 2 N–H and O–H groups in total. The maximum Gasteiger partial charge on any atom is 0.355 e. The summed E-state index contributed by atoms with van der Waals surface area (Å²) in [6.45, 7) is 1.66.